The van der Waals surface area contributed by atoms with Gasteiger partial charge >= 0.3 is 0 Å². The Morgan fingerprint density at radius 1 is 1.17 bits per heavy atom. The third-order valence-corrected chi connectivity index (χ3v) is 5.31. The zero-order valence-corrected chi connectivity index (χ0v) is 15.0. The molecule has 2 aliphatic heterocycles. The number of halogens is 2. The molecule has 1 N–H and O–H groups in total. The van der Waals surface area contributed by atoms with Crippen LogP contribution < -0.4 is 5.32 Å². The molecule has 5 heteroatoms. The van der Waals surface area contributed by atoms with Gasteiger partial charge in [0.1, 0.15) is 5.82 Å². The van der Waals surface area contributed by atoms with E-state index in [0.717, 1.165) is 50.9 Å². The molecule has 1 aromatic rings. The second kappa shape index (κ2) is 9.38. The van der Waals surface area contributed by atoms with Crippen molar-refractivity contribution in [2.24, 2.45) is 5.92 Å². The number of benzene rings is 1. The number of nitrogens with one attached hydrogen (secondary N) is 1. The predicted octanol–water partition coefficient (Wildman–Crippen LogP) is 3.56. The lowest BCUT2D eigenvalue weighted by atomic mass is 9.93. The highest BCUT2D eigenvalue weighted by atomic mass is 35.5. The summed E-state index contributed by atoms with van der Waals surface area (Å²) in [5, 5.41) is 3.37. The summed E-state index contributed by atoms with van der Waals surface area (Å²) < 4.78 is 13.0. The number of carbonyl (C=O) groups excluding carboxylic acids is 1. The molecule has 0 saturated carbocycles. The Morgan fingerprint density at radius 3 is 2.58 bits per heavy atom. The summed E-state index contributed by atoms with van der Waals surface area (Å²) in [6.07, 6.45) is 7.12. The van der Waals surface area contributed by atoms with E-state index in [1.165, 1.54) is 25.0 Å². The Bertz CT molecular complexity index is 517. The molecule has 1 aromatic carbocycles. The van der Waals surface area contributed by atoms with Crippen LogP contribution >= 0.6 is 12.4 Å². The highest BCUT2D eigenvalue weighted by Gasteiger charge is 2.29. The van der Waals surface area contributed by atoms with Gasteiger partial charge in [0.25, 0.3) is 0 Å². The van der Waals surface area contributed by atoms with Crippen molar-refractivity contribution in [2.75, 3.05) is 19.6 Å². The molecule has 2 heterocycles. The van der Waals surface area contributed by atoms with E-state index in [-0.39, 0.29) is 18.2 Å². The van der Waals surface area contributed by atoms with Crippen molar-refractivity contribution in [1.29, 1.82) is 0 Å². The molecule has 24 heavy (non-hydrogen) atoms. The SMILES string of the molecule is Cl.O=C(CCC1CCNCC1)N1CCCC1Cc1ccc(F)cc1. The molecule has 0 aliphatic carbocycles. The van der Waals surface area contributed by atoms with E-state index in [2.05, 4.69) is 10.2 Å². The average Bonchev–Trinajstić information content (AvgIpc) is 3.04. The van der Waals surface area contributed by atoms with Crippen LogP contribution in [0.15, 0.2) is 24.3 Å². The molecular weight excluding hydrogens is 327 g/mol. The zero-order chi connectivity index (χ0) is 16.1. The van der Waals surface area contributed by atoms with E-state index >= 15 is 0 Å². The number of hydrogen-bond donors (Lipinski definition) is 1. The predicted molar refractivity (Wildman–Crippen MR) is 96.9 cm³/mol. The van der Waals surface area contributed by atoms with Crippen molar-refractivity contribution < 1.29 is 9.18 Å². The molecule has 2 fully saturated rings. The molecule has 0 spiro atoms. The first-order chi connectivity index (χ1) is 11.2. The summed E-state index contributed by atoms with van der Waals surface area (Å²) >= 11 is 0. The van der Waals surface area contributed by atoms with Gasteiger partial charge in [-0.15, -0.1) is 12.4 Å². The van der Waals surface area contributed by atoms with E-state index in [9.17, 15) is 9.18 Å². The summed E-state index contributed by atoms with van der Waals surface area (Å²) in [5.41, 5.74) is 1.12. The molecule has 134 valence electrons. The zero-order valence-electron chi connectivity index (χ0n) is 14.2. The van der Waals surface area contributed by atoms with Gasteiger partial charge in [0.05, 0.1) is 0 Å². The highest BCUT2D eigenvalue weighted by Crippen LogP contribution is 2.24. The topological polar surface area (TPSA) is 32.3 Å². The molecule has 1 unspecified atom stereocenters. The van der Waals surface area contributed by atoms with Gasteiger partial charge in [-0.25, -0.2) is 4.39 Å². The quantitative estimate of drug-likeness (QED) is 0.876. The number of rotatable bonds is 5. The molecule has 3 rings (SSSR count). The van der Waals surface area contributed by atoms with Gasteiger partial charge in [-0.3, -0.25) is 4.79 Å². The monoisotopic (exact) mass is 354 g/mol. The summed E-state index contributed by atoms with van der Waals surface area (Å²) in [4.78, 5) is 14.7. The lowest BCUT2D eigenvalue weighted by molar-refractivity contribution is -0.132. The van der Waals surface area contributed by atoms with Crippen LogP contribution in [0.5, 0.6) is 0 Å². The molecular formula is C19H28ClFN2O. The van der Waals surface area contributed by atoms with E-state index in [1.54, 1.807) is 0 Å². The Labute approximate surface area is 150 Å². The number of nitrogens with zero attached hydrogens (tertiary/aromatic N) is 1. The minimum absolute atomic E-state index is 0. The van der Waals surface area contributed by atoms with Crippen LogP contribution in [0.25, 0.3) is 0 Å². The standard InChI is InChI=1S/C19H27FN2O.ClH/c20-17-6-3-16(4-7-17)14-18-2-1-13-22(18)19(23)8-5-15-9-11-21-12-10-15;/h3-4,6-7,15,18,21H,1-2,5,8-14H2;1H. The van der Waals surface area contributed by atoms with Crippen LogP contribution in [0.2, 0.25) is 0 Å². The van der Waals surface area contributed by atoms with Crippen molar-refractivity contribution in [3.05, 3.63) is 35.6 Å². The minimum atomic E-state index is -0.199. The third-order valence-electron chi connectivity index (χ3n) is 5.31. The number of amides is 1. The number of piperidine rings is 1. The van der Waals surface area contributed by atoms with Gasteiger partial charge in [0, 0.05) is 19.0 Å². The normalized spacial score (nSPS) is 21.5. The van der Waals surface area contributed by atoms with Crippen LogP contribution in [0.3, 0.4) is 0 Å². The summed E-state index contributed by atoms with van der Waals surface area (Å²) in [7, 11) is 0. The van der Waals surface area contributed by atoms with Crippen molar-refractivity contribution in [1.82, 2.24) is 10.2 Å². The molecule has 1 atom stereocenters. The van der Waals surface area contributed by atoms with Crippen molar-refractivity contribution in [3.63, 3.8) is 0 Å². The second-order valence-electron chi connectivity index (χ2n) is 6.95. The first-order valence-electron chi connectivity index (χ1n) is 8.97. The first-order valence-corrected chi connectivity index (χ1v) is 8.97. The van der Waals surface area contributed by atoms with Crippen molar-refractivity contribution in [2.45, 2.75) is 51.0 Å². The Kier molecular flexibility index (Phi) is 7.50. The maximum atomic E-state index is 13.0. The van der Waals surface area contributed by atoms with Crippen molar-refractivity contribution >= 4 is 18.3 Å². The summed E-state index contributed by atoms with van der Waals surface area (Å²) in [5.74, 6) is 0.821. The molecule has 3 nitrogen and oxygen atoms in total. The Morgan fingerprint density at radius 2 is 1.88 bits per heavy atom. The molecule has 2 aliphatic rings. The van der Waals surface area contributed by atoms with Gasteiger partial charge in [0.15, 0.2) is 0 Å². The third kappa shape index (κ3) is 5.18. The molecule has 0 radical (unpaired) electrons. The Hall–Kier alpha value is -1.13. The number of hydrogen-bond acceptors (Lipinski definition) is 2. The van der Waals surface area contributed by atoms with Gasteiger partial charge in [-0.05, 0) is 75.2 Å². The molecule has 0 aromatic heterocycles. The fourth-order valence-electron chi connectivity index (χ4n) is 3.91. The van der Waals surface area contributed by atoms with E-state index in [0.29, 0.717) is 24.3 Å². The molecule has 0 bridgehead atoms. The lowest BCUT2D eigenvalue weighted by Crippen LogP contribution is -2.37. The van der Waals surface area contributed by atoms with Crippen LogP contribution in [-0.2, 0) is 11.2 Å². The fourth-order valence-corrected chi connectivity index (χ4v) is 3.91. The summed E-state index contributed by atoms with van der Waals surface area (Å²) in [6.45, 7) is 3.07. The largest absolute Gasteiger partial charge is 0.339 e. The van der Waals surface area contributed by atoms with Crippen LogP contribution in [0.4, 0.5) is 4.39 Å². The maximum Gasteiger partial charge on any atom is 0.222 e. The molecule has 1 amide bonds. The summed E-state index contributed by atoms with van der Waals surface area (Å²) in [6, 6.07) is 6.98. The smallest absolute Gasteiger partial charge is 0.222 e. The van der Waals surface area contributed by atoms with Gasteiger partial charge < -0.3 is 10.2 Å². The maximum absolute atomic E-state index is 13.0. The van der Waals surface area contributed by atoms with E-state index in [1.807, 2.05) is 12.1 Å². The van der Waals surface area contributed by atoms with Crippen LogP contribution in [-0.4, -0.2) is 36.5 Å². The second-order valence-corrected chi connectivity index (χ2v) is 6.95. The lowest BCUT2D eigenvalue weighted by Gasteiger charge is -2.27. The van der Waals surface area contributed by atoms with Gasteiger partial charge in [-0.1, -0.05) is 12.1 Å². The van der Waals surface area contributed by atoms with Gasteiger partial charge in [-0.2, -0.15) is 0 Å². The van der Waals surface area contributed by atoms with E-state index in [4.69, 9.17) is 0 Å². The van der Waals surface area contributed by atoms with Crippen molar-refractivity contribution in [3.8, 4) is 0 Å². The number of likely N-dealkylation sites (tertiary alicyclic amines) is 1. The van der Waals surface area contributed by atoms with Crippen LogP contribution in [0, 0.1) is 11.7 Å². The van der Waals surface area contributed by atoms with Gasteiger partial charge in [0.2, 0.25) is 5.91 Å². The fraction of sp³-hybridized carbons (Fsp3) is 0.632. The number of carbonyl (C=O) groups is 1. The van der Waals surface area contributed by atoms with Crippen LogP contribution in [0.1, 0.15) is 44.1 Å². The highest BCUT2D eigenvalue weighted by molar-refractivity contribution is 5.85. The van der Waals surface area contributed by atoms with E-state index < -0.39 is 0 Å². The average molecular weight is 355 g/mol. The minimum Gasteiger partial charge on any atom is -0.339 e. The first kappa shape index (κ1) is 19.2. The Balaban J connectivity index is 0.00000208. The molecule has 2 saturated heterocycles.